The monoisotopic (exact) mass is 307 g/mol. The van der Waals surface area contributed by atoms with Gasteiger partial charge in [0.05, 0.1) is 31.3 Å². The second kappa shape index (κ2) is 7.69. The van der Waals surface area contributed by atoms with Gasteiger partial charge in [0.15, 0.2) is 0 Å². The van der Waals surface area contributed by atoms with Gasteiger partial charge in [-0.2, -0.15) is 0 Å². The maximum Gasteiger partial charge on any atom is 0.235 e. The molecule has 0 aromatic heterocycles. The van der Waals surface area contributed by atoms with Crippen LogP contribution in [0.5, 0.6) is 0 Å². The Labute approximate surface area is 118 Å². The Morgan fingerprint density at radius 3 is 2.68 bits per heavy atom. The van der Waals surface area contributed by atoms with E-state index in [2.05, 4.69) is 4.72 Å². The lowest BCUT2D eigenvalue weighted by Crippen LogP contribution is -2.21. The minimum Gasteiger partial charge on any atom is -0.382 e. The van der Waals surface area contributed by atoms with E-state index in [4.69, 9.17) is 21.1 Å². The molecule has 108 valence electrons. The van der Waals surface area contributed by atoms with Crippen LogP contribution < -0.4 is 4.72 Å². The van der Waals surface area contributed by atoms with Crippen molar-refractivity contribution in [2.75, 3.05) is 37.4 Å². The van der Waals surface area contributed by atoms with Crippen LogP contribution in [0, 0.1) is 6.92 Å². The zero-order chi connectivity index (χ0) is 14.3. The molecule has 0 bridgehead atoms. The van der Waals surface area contributed by atoms with Gasteiger partial charge in [-0.05, 0) is 24.6 Å². The first kappa shape index (κ1) is 16.2. The molecule has 0 aliphatic carbocycles. The summed E-state index contributed by atoms with van der Waals surface area (Å²) in [6, 6.07) is 5.05. The average Bonchev–Trinajstić information content (AvgIpc) is 2.33. The predicted octanol–water partition coefficient (Wildman–Crippen LogP) is 2.05. The third-order valence-corrected chi connectivity index (χ3v) is 3.86. The molecule has 1 N–H and O–H groups in total. The number of halogens is 1. The molecule has 1 aromatic rings. The minimum absolute atomic E-state index is 0.108. The van der Waals surface area contributed by atoms with Crippen LogP contribution in [-0.4, -0.2) is 41.1 Å². The highest BCUT2D eigenvalue weighted by molar-refractivity contribution is 7.92. The molecule has 1 rings (SSSR count). The highest BCUT2D eigenvalue weighted by Crippen LogP contribution is 2.21. The Balaban J connectivity index is 2.52. The summed E-state index contributed by atoms with van der Waals surface area (Å²) in [6.07, 6.45) is 0. The van der Waals surface area contributed by atoms with E-state index in [1.54, 1.807) is 25.3 Å². The number of rotatable bonds is 8. The molecule has 0 radical (unpaired) electrons. The summed E-state index contributed by atoms with van der Waals surface area (Å²) in [5.74, 6) is -0.108. The van der Waals surface area contributed by atoms with Crippen molar-refractivity contribution < 1.29 is 17.9 Å². The Hall–Kier alpha value is -0.820. The highest BCUT2D eigenvalue weighted by atomic mass is 35.5. The molecule has 0 spiro atoms. The molecular formula is C12H18ClNO4S. The van der Waals surface area contributed by atoms with Crippen LogP contribution >= 0.6 is 11.6 Å². The van der Waals surface area contributed by atoms with Crippen LogP contribution in [0.25, 0.3) is 0 Å². The SMILES string of the molecule is COCCOCCS(=O)(=O)Nc1cc(Cl)ccc1C. The largest absolute Gasteiger partial charge is 0.382 e. The van der Waals surface area contributed by atoms with Crippen molar-refractivity contribution in [3.05, 3.63) is 28.8 Å². The maximum absolute atomic E-state index is 11.8. The smallest absolute Gasteiger partial charge is 0.235 e. The number of hydrogen-bond acceptors (Lipinski definition) is 4. The van der Waals surface area contributed by atoms with Gasteiger partial charge in [0.1, 0.15) is 0 Å². The number of hydrogen-bond donors (Lipinski definition) is 1. The van der Waals surface area contributed by atoms with Crippen LogP contribution in [0.3, 0.4) is 0 Å². The zero-order valence-corrected chi connectivity index (χ0v) is 12.6. The van der Waals surface area contributed by atoms with Gasteiger partial charge < -0.3 is 9.47 Å². The quantitative estimate of drug-likeness (QED) is 0.747. The number of benzene rings is 1. The summed E-state index contributed by atoms with van der Waals surface area (Å²) in [7, 11) is -1.88. The topological polar surface area (TPSA) is 64.6 Å². The van der Waals surface area contributed by atoms with Crippen molar-refractivity contribution in [3.63, 3.8) is 0 Å². The predicted molar refractivity (Wildman–Crippen MR) is 76.3 cm³/mol. The summed E-state index contributed by atoms with van der Waals surface area (Å²) in [6.45, 7) is 2.75. The second-order valence-corrected chi connectivity index (χ2v) is 6.26. The van der Waals surface area contributed by atoms with Crippen LogP contribution in [0.2, 0.25) is 5.02 Å². The molecule has 0 aliphatic rings. The first-order valence-corrected chi connectivity index (χ1v) is 7.81. The molecule has 7 heteroatoms. The molecule has 0 amide bonds. The Morgan fingerprint density at radius 2 is 2.00 bits per heavy atom. The summed E-state index contributed by atoms with van der Waals surface area (Å²) < 4.78 is 36.1. The molecule has 0 heterocycles. The zero-order valence-electron chi connectivity index (χ0n) is 11.0. The van der Waals surface area contributed by atoms with E-state index in [-0.39, 0.29) is 12.4 Å². The summed E-state index contributed by atoms with van der Waals surface area (Å²) in [5.41, 5.74) is 1.30. The van der Waals surface area contributed by atoms with Gasteiger partial charge >= 0.3 is 0 Å². The van der Waals surface area contributed by atoms with E-state index < -0.39 is 10.0 Å². The summed E-state index contributed by atoms with van der Waals surface area (Å²) in [4.78, 5) is 0. The number of ether oxygens (including phenoxy) is 2. The number of methoxy groups -OCH3 is 1. The van der Waals surface area contributed by atoms with Gasteiger partial charge in [-0.3, -0.25) is 4.72 Å². The molecule has 1 aromatic carbocycles. The lowest BCUT2D eigenvalue weighted by molar-refractivity contribution is 0.0785. The van der Waals surface area contributed by atoms with Gasteiger partial charge in [-0.25, -0.2) is 8.42 Å². The van der Waals surface area contributed by atoms with E-state index in [9.17, 15) is 8.42 Å². The van der Waals surface area contributed by atoms with Gasteiger partial charge in [0.25, 0.3) is 0 Å². The van der Waals surface area contributed by atoms with Crippen molar-refractivity contribution in [3.8, 4) is 0 Å². The molecule has 0 saturated carbocycles. The third kappa shape index (κ3) is 6.24. The first-order chi connectivity index (χ1) is 8.94. The number of anilines is 1. The van der Waals surface area contributed by atoms with E-state index in [0.717, 1.165) is 5.56 Å². The fourth-order valence-corrected chi connectivity index (χ4v) is 2.50. The minimum atomic E-state index is -3.44. The Kier molecular flexibility index (Phi) is 6.57. The van der Waals surface area contributed by atoms with E-state index in [0.29, 0.717) is 23.9 Å². The van der Waals surface area contributed by atoms with Gasteiger partial charge in [0, 0.05) is 12.1 Å². The van der Waals surface area contributed by atoms with Crippen molar-refractivity contribution in [1.82, 2.24) is 0 Å². The molecular weight excluding hydrogens is 290 g/mol. The van der Waals surface area contributed by atoms with E-state index in [1.165, 1.54) is 0 Å². The average molecular weight is 308 g/mol. The Bertz CT molecular complexity index is 504. The Morgan fingerprint density at radius 1 is 1.26 bits per heavy atom. The summed E-state index contributed by atoms with van der Waals surface area (Å²) in [5, 5.41) is 0.486. The fraction of sp³-hybridized carbons (Fsp3) is 0.500. The van der Waals surface area contributed by atoms with E-state index in [1.807, 2.05) is 6.92 Å². The van der Waals surface area contributed by atoms with Crippen molar-refractivity contribution in [2.24, 2.45) is 0 Å². The van der Waals surface area contributed by atoms with Crippen LogP contribution in [0.4, 0.5) is 5.69 Å². The fourth-order valence-electron chi connectivity index (χ4n) is 1.34. The van der Waals surface area contributed by atoms with Gasteiger partial charge in [-0.15, -0.1) is 0 Å². The number of sulfonamides is 1. The second-order valence-electron chi connectivity index (χ2n) is 3.99. The molecule has 0 atom stereocenters. The van der Waals surface area contributed by atoms with E-state index >= 15 is 0 Å². The highest BCUT2D eigenvalue weighted by Gasteiger charge is 2.12. The molecule has 0 aliphatic heterocycles. The number of aryl methyl sites for hydroxylation is 1. The van der Waals surface area contributed by atoms with Crippen LogP contribution in [-0.2, 0) is 19.5 Å². The molecule has 5 nitrogen and oxygen atoms in total. The summed E-state index contributed by atoms with van der Waals surface area (Å²) >= 11 is 5.83. The first-order valence-electron chi connectivity index (χ1n) is 5.78. The lowest BCUT2D eigenvalue weighted by atomic mass is 10.2. The standard InChI is InChI=1S/C12H18ClNO4S/c1-10-3-4-11(13)9-12(10)14-19(15,16)8-7-18-6-5-17-2/h3-4,9,14H,5-8H2,1-2H3. The van der Waals surface area contributed by atoms with Gasteiger partial charge in [0.2, 0.25) is 10.0 Å². The van der Waals surface area contributed by atoms with Crippen molar-refractivity contribution >= 4 is 27.3 Å². The molecule has 0 fully saturated rings. The molecule has 0 unspecified atom stereocenters. The molecule has 0 saturated heterocycles. The van der Waals surface area contributed by atoms with Crippen molar-refractivity contribution in [2.45, 2.75) is 6.92 Å². The lowest BCUT2D eigenvalue weighted by Gasteiger charge is -2.11. The molecule has 19 heavy (non-hydrogen) atoms. The normalized spacial score (nSPS) is 11.5. The third-order valence-electron chi connectivity index (χ3n) is 2.39. The maximum atomic E-state index is 11.8. The number of nitrogens with one attached hydrogen (secondary N) is 1. The van der Waals surface area contributed by atoms with Crippen LogP contribution in [0.15, 0.2) is 18.2 Å². The van der Waals surface area contributed by atoms with Crippen molar-refractivity contribution in [1.29, 1.82) is 0 Å². The van der Waals surface area contributed by atoms with Crippen LogP contribution in [0.1, 0.15) is 5.56 Å². The van der Waals surface area contributed by atoms with Gasteiger partial charge in [-0.1, -0.05) is 17.7 Å².